The molecule has 0 saturated heterocycles. The lowest BCUT2D eigenvalue weighted by Gasteiger charge is -2.24. The molecule has 0 aliphatic rings. The van der Waals surface area contributed by atoms with E-state index < -0.39 is 5.97 Å². The van der Waals surface area contributed by atoms with Crippen molar-refractivity contribution in [3.63, 3.8) is 0 Å². The van der Waals surface area contributed by atoms with E-state index in [0.29, 0.717) is 27.8 Å². The van der Waals surface area contributed by atoms with Gasteiger partial charge in [0.25, 0.3) is 0 Å². The third-order valence-corrected chi connectivity index (χ3v) is 5.22. The van der Waals surface area contributed by atoms with Crippen LogP contribution in [0.3, 0.4) is 0 Å². The zero-order valence-corrected chi connectivity index (χ0v) is 16.5. The molecule has 0 saturated carbocycles. The van der Waals surface area contributed by atoms with E-state index in [0.717, 1.165) is 22.3 Å². The van der Waals surface area contributed by atoms with Gasteiger partial charge in [-0.3, -0.25) is 4.79 Å². The maximum Gasteiger partial charge on any atom is 0.303 e. The maximum atomic E-state index is 11.1. The van der Waals surface area contributed by atoms with Crippen molar-refractivity contribution in [1.29, 1.82) is 0 Å². The summed E-state index contributed by atoms with van der Waals surface area (Å²) in [6.45, 7) is 0. The van der Waals surface area contributed by atoms with E-state index in [1.807, 2.05) is 54.6 Å². The molecule has 0 aromatic heterocycles. The van der Waals surface area contributed by atoms with Crippen molar-refractivity contribution in [2.75, 3.05) is 11.5 Å². The minimum Gasteiger partial charge on any atom is -0.481 e. The van der Waals surface area contributed by atoms with E-state index in [1.165, 1.54) is 0 Å². The van der Waals surface area contributed by atoms with E-state index in [-0.39, 0.29) is 12.3 Å². The van der Waals surface area contributed by atoms with Crippen LogP contribution in [0.2, 0.25) is 10.0 Å². The van der Waals surface area contributed by atoms with E-state index >= 15 is 0 Å². The van der Waals surface area contributed by atoms with E-state index in [4.69, 9.17) is 39.8 Å². The summed E-state index contributed by atoms with van der Waals surface area (Å²) in [4.78, 5) is 11.1. The second-order valence-electron chi connectivity index (χ2n) is 6.57. The molecule has 0 aliphatic carbocycles. The van der Waals surface area contributed by atoms with Crippen LogP contribution in [0.4, 0.5) is 11.4 Å². The number of aryl methyl sites for hydroxylation is 1. The molecule has 0 atom stereocenters. The summed E-state index contributed by atoms with van der Waals surface area (Å²) in [5.41, 5.74) is 17.0. The summed E-state index contributed by atoms with van der Waals surface area (Å²) < 4.78 is 0. The molecule has 0 radical (unpaired) electrons. The Morgan fingerprint density at radius 2 is 1.36 bits per heavy atom. The zero-order chi connectivity index (χ0) is 20.3. The SMILES string of the molecule is Nc1ccc(CCC(=O)O)c(C(c2ccc(Cl)cc2)c2ccc(Cl)cc2)c1N. The summed E-state index contributed by atoms with van der Waals surface area (Å²) in [6.07, 6.45) is 0.358. The first kappa shape index (κ1) is 20.1. The summed E-state index contributed by atoms with van der Waals surface area (Å²) in [7, 11) is 0. The van der Waals surface area contributed by atoms with Gasteiger partial charge in [0.1, 0.15) is 0 Å². The van der Waals surface area contributed by atoms with Crippen LogP contribution in [0.25, 0.3) is 0 Å². The molecule has 0 fully saturated rings. The first-order chi connectivity index (χ1) is 13.4. The van der Waals surface area contributed by atoms with Crippen molar-refractivity contribution >= 4 is 40.5 Å². The molecule has 0 unspecified atom stereocenters. The number of aliphatic carboxylic acids is 1. The van der Waals surface area contributed by atoms with Crippen molar-refractivity contribution in [3.05, 3.63) is 93.0 Å². The summed E-state index contributed by atoms with van der Waals surface area (Å²) in [5.74, 6) is -1.10. The summed E-state index contributed by atoms with van der Waals surface area (Å²) >= 11 is 12.1. The highest BCUT2D eigenvalue weighted by Crippen LogP contribution is 2.40. The number of benzene rings is 3. The molecule has 3 rings (SSSR count). The smallest absolute Gasteiger partial charge is 0.303 e. The van der Waals surface area contributed by atoms with Gasteiger partial charge < -0.3 is 16.6 Å². The molecule has 0 aliphatic heterocycles. The van der Waals surface area contributed by atoms with E-state index in [2.05, 4.69) is 0 Å². The normalized spacial score (nSPS) is 11.0. The highest BCUT2D eigenvalue weighted by molar-refractivity contribution is 6.30. The minimum atomic E-state index is -0.865. The van der Waals surface area contributed by atoms with Crippen LogP contribution in [0, 0.1) is 0 Å². The molecule has 6 heteroatoms. The number of carbonyl (C=O) groups is 1. The first-order valence-electron chi connectivity index (χ1n) is 8.76. The van der Waals surface area contributed by atoms with Crippen molar-refractivity contribution in [1.82, 2.24) is 0 Å². The molecule has 0 bridgehead atoms. The molecule has 5 N–H and O–H groups in total. The van der Waals surface area contributed by atoms with Gasteiger partial charge in [-0.05, 0) is 59.0 Å². The zero-order valence-electron chi connectivity index (χ0n) is 15.0. The monoisotopic (exact) mass is 414 g/mol. The van der Waals surface area contributed by atoms with Crippen LogP contribution in [0.1, 0.15) is 34.6 Å². The highest BCUT2D eigenvalue weighted by Gasteiger charge is 2.24. The number of halogens is 2. The van der Waals surface area contributed by atoms with Gasteiger partial charge in [-0.25, -0.2) is 0 Å². The third-order valence-electron chi connectivity index (χ3n) is 4.71. The van der Waals surface area contributed by atoms with Gasteiger partial charge in [0.2, 0.25) is 0 Å². The Hall–Kier alpha value is -2.69. The molecular weight excluding hydrogens is 395 g/mol. The van der Waals surface area contributed by atoms with Crippen molar-refractivity contribution in [3.8, 4) is 0 Å². The molecule has 0 amide bonds. The van der Waals surface area contributed by atoms with Gasteiger partial charge in [-0.2, -0.15) is 0 Å². The van der Waals surface area contributed by atoms with Crippen LogP contribution >= 0.6 is 23.2 Å². The molecule has 28 heavy (non-hydrogen) atoms. The predicted octanol–water partition coefficient (Wildman–Crippen LogP) is 5.36. The summed E-state index contributed by atoms with van der Waals surface area (Å²) in [6, 6.07) is 18.6. The predicted molar refractivity (Wildman–Crippen MR) is 115 cm³/mol. The van der Waals surface area contributed by atoms with E-state index in [1.54, 1.807) is 6.07 Å². The number of carboxylic acid groups (broad SMARTS) is 1. The van der Waals surface area contributed by atoms with Gasteiger partial charge in [0.15, 0.2) is 0 Å². The molecule has 0 heterocycles. The topological polar surface area (TPSA) is 89.3 Å². The Labute approximate surface area is 173 Å². The van der Waals surface area contributed by atoms with Gasteiger partial charge in [-0.1, -0.05) is 53.5 Å². The number of nitrogen functional groups attached to an aromatic ring is 2. The molecule has 3 aromatic rings. The molecule has 3 aromatic carbocycles. The van der Waals surface area contributed by atoms with Crippen LogP contribution in [-0.4, -0.2) is 11.1 Å². The van der Waals surface area contributed by atoms with Gasteiger partial charge >= 0.3 is 5.97 Å². The quantitative estimate of drug-likeness (QED) is 0.374. The second kappa shape index (κ2) is 8.55. The Morgan fingerprint density at radius 1 is 0.857 bits per heavy atom. The number of carboxylic acids is 1. The molecular formula is C22H20Cl2N2O2. The van der Waals surface area contributed by atoms with Gasteiger partial charge in [0, 0.05) is 22.4 Å². The second-order valence-corrected chi connectivity index (χ2v) is 7.44. The number of anilines is 2. The van der Waals surface area contributed by atoms with Crippen molar-refractivity contribution < 1.29 is 9.90 Å². The van der Waals surface area contributed by atoms with Crippen LogP contribution in [0.15, 0.2) is 60.7 Å². The molecule has 144 valence electrons. The van der Waals surface area contributed by atoms with Gasteiger partial charge in [0.05, 0.1) is 11.4 Å². The van der Waals surface area contributed by atoms with Crippen LogP contribution in [0.5, 0.6) is 0 Å². The van der Waals surface area contributed by atoms with E-state index in [9.17, 15) is 4.79 Å². The Kier molecular flexibility index (Phi) is 6.12. The highest BCUT2D eigenvalue weighted by atomic mass is 35.5. The van der Waals surface area contributed by atoms with Gasteiger partial charge in [-0.15, -0.1) is 0 Å². The fourth-order valence-corrected chi connectivity index (χ4v) is 3.59. The third kappa shape index (κ3) is 4.41. The van der Waals surface area contributed by atoms with Crippen molar-refractivity contribution in [2.45, 2.75) is 18.8 Å². The number of hydrogen-bond acceptors (Lipinski definition) is 3. The maximum absolute atomic E-state index is 11.1. The number of rotatable bonds is 6. The largest absolute Gasteiger partial charge is 0.481 e. The molecule has 0 spiro atoms. The lowest BCUT2D eigenvalue weighted by atomic mass is 9.80. The average Bonchev–Trinajstić information content (AvgIpc) is 2.67. The Morgan fingerprint density at radius 3 is 1.82 bits per heavy atom. The number of nitrogens with two attached hydrogens (primary N) is 2. The summed E-state index contributed by atoms with van der Waals surface area (Å²) in [5, 5.41) is 10.4. The lowest BCUT2D eigenvalue weighted by Crippen LogP contribution is -2.12. The molecule has 4 nitrogen and oxygen atoms in total. The number of hydrogen-bond donors (Lipinski definition) is 3. The Bertz CT molecular complexity index is 941. The minimum absolute atomic E-state index is 0.00428. The fraction of sp³-hybridized carbons (Fsp3) is 0.136. The fourth-order valence-electron chi connectivity index (χ4n) is 3.34. The first-order valence-corrected chi connectivity index (χ1v) is 9.52. The average molecular weight is 415 g/mol. The van der Waals surface area contributed by atoms with Crippen molar-refractivity contribution in [2.24, 2.45) is 0 Å². The lowest BCUT2D eigenvalue weighted by molar-refractivity contribution is -0.136. The van der Waals surface area contributed by atoms with Crippen LogP contribution in [-0.2, 0) is 11.2 Å². The standard InChI is InChI=1S/C22H20Cl2N2O2/c23-16-7-1-13(2-8-16)20(14-3-9-17(24)10-4-14)21-15(6-12-19(27)28)5-11-18(25)22(21)26/h1-5,7-11,20H,6,12,25-26H2,(H,27,28). The van der Waals surface area contributed by atoms with Crippen LogP contribution < -0.4 is 11.5 Å². The Balaban J connectivity index is 2.22.